The maximum Gasteiger partial charge on any atom is 0.194 e. The minimum atomic E-state index is -1.47. The molecule has 3 rings (SSSR count). The zero-order valence-corrected chi connectivity index (χ0v) is 10.0. The first-order chi connectivity index (χ1) is 8.56. The van der Waals surface area contributed by atoms with Crippen LogP contribution in [0.4, 0.5) is 13.2 Å². The van der Waals surface area contributed by atoms with Crippen molar-refractivity contribution >= 4 is 12.2 Å². The van der Waals surface area contributed by atoms with Crippen LogP contribution < -0.4 is 0 Å². The molecule has 1 aromatic carbocycles. The smallest absolute Gasteiger partial charge is 0.194 e. The second-order valence-corrected chi connectivity index (χ2v) is 4.80. The molecule has 1 aromatic heterocycles. The fourth-order valence-corrected chi connectivity index (χ4v) is 2.16. The second-order valence-electron chi connectivity index (χ2n) is 4.38. The van der Waals surface area contributed by atoms with Gasteiger partial charge in [-0.05, 0) is 18.9 Å². The van der Waals surface area contributed by atoms with Gasteiger partial charge in [-0.1, -0.05) is 12.2 Å². The number of hydrogen-bond donors (Lipinski definition) is 1. The topological polar surface area (TPSA) is 20.7 Å². The van der Waals surface area contributed by atoms with Gasteiger partial charge in [-0.3, -0.25) is 5.10 Å². The van der Waals surface area contributed by atoms with Crippen molar-refractivity contribution in [2.45, 2.75) is 18.8 Å². The third-order valence-corrected chi connectivity index (χ3v) is 3.28. The van der Waals surface area contributed by atoms with Gasteiger partial charge in [0, 0.05) is 23.7 Å². The van der Waals surface area contributed by atoms with E-state index in [4.69, 9.17) is 12.2 Å². The molecule has 1 aliphatic carbocycles. The summed E-state index contributed by atoms with van der Waals surface area (Å²) in [6.45, 7) is 0. The molecule has 0 amide bonds. The summed E-state index contributed by atoms with van der Waals surface area (Å²) < 4.78 is 41.0. The molecule has 1 fully saturated rings. The fourth-order valence-electron chi connectivity index (χ4n) is 1.88. The van der Waals surface area contributed by atoms with Crippen molar-refractivity contribution in [3.05, 3.63) is 46.0 Å². The molecular weight excluding hydrogens is 261 g/mol. The van der Waals surface area contributed by atoms with Gasteiger partial charge in [0.05, 0.1) is 5.69 Å². The molecule has 94 valence electrons. The Morgan fingerprint density at radius 2 is 1.72 bits per heavy atom. The molecule has 1 N–H and O–H groups in total. The molecule has 18 heavy (non-hydrogen) atoms. The number of aromatic nitrogens is 2. The molecule has 1 saturated carbocycles. The molecule has 0 atom stereocenters. The lowest BCUT2D eigenvalue weighted by Crippen LogP contribution is -2.01. The van der Waals surface area contributed by atoms with Crippen LogP contribution in [0, 0.1) is 22.1 Å². The molecule has 6 heteroatoms. The van der Waals surface area contributed by atoms with E-state index in [0.717, 1.165) is 30.7 Å². The van der Waals surface area contributed by atoms with E-state index < -0.39 is 17.5 Å². The van der Waals surface area contributed by atoms with Gasteiger partial charge in [-0.2, -0.15) is 0 Å². The van der Waals surface area contributed by atoms with Crippen LogP contribution in [0.1, 0.15) is 24.5 Å². The molecule has 2 aromatic rings. The Hall–Kier alpha value is -1.56. The second kappa shape index (κ2) is 3.98. The summed E-state index contributed by atoms with van der Waals surface area (Å²) in [6.07, 6.45) is 2.17. The third kappa shape index (κ3) is 1.86. The van der Waals surface area contributed by atoms with Gasteiger partial charge in [0.25, 0.3) is 0 Å². The average Bonchev–Trinajstić information content (AvgIpc) is 3.09. The third-order valence-electron chi connectivity index (χ3n) is 2.98. The van der Waals surface area contributed by atoms with Crippen LogP contribution >= 0.6 is 12.2 Å². The maximum atomic E-state index is 13.2. The van der Waals surface area contributed by atoms with Gasteiger partial charge in [-0.15, -0.1) is 0 Å². The van der Waals surface area contributed by atoms with E-state index in [1.165, 1.54) is 4.68 Å². The van der Waals surface area contributed by atoms with Gasteiger partial charge >= 0.3 is 0 Å². The quantitative estimate of drug-likeness (QED) is 0.649. The molecule has 1 heterocycles. The van der Waals surface area contributed by atoms with Crippen molar-refractivity contribution in [3.8, 4) is 5.69 Å². The first-order valence-corrected chi connectivity index (χ1v) is 5.94. The Balaban J connectivity index is 2.11. The molecule has 0 radical (unpaired) electrons. The van der Waals surface area contributed by atoms with Gasteiger partial charge in [0.1, 0.15) is 4.64 Å². The van der Waals surface area contributed by atoms with Crippen LogP contribution in [-0.4, -0.2) is 9.78 Å². The summed E-state index contributed by atoms with van der Waals surface area (Å²) in [5.74, 6) is -3.48. The Bertz CT molecular complexity index is 647. The summed E-state index contributed by atoms with van der Waals surface area (Å²) in [6, 6.07) is 3.61. The minimum Gasteiger partial charge on any atom is -0.297 e. The van der Waals surface area contributed by atoms with E-state index in [0.29, 0.717) is 10.6 Å². The van der Waals surface area contributed by atoms with Crippen LogP contribution in [-0.2, 0) is 0 Å². The lowest BCUT2D eigenvalue weighted by Gasteiger charge is -2.04. The van der Waals surface area contributed by atoms with Crippen molar-refractivity contribution < 1.29 is 13.2 Å². The highest BCUT2D eigenvalue weighted by atomic mass is 32.1. The number of nitrogens with one attached hydrogen (secondary N) is 1. The van der Waals surface area contributed by atoms with Crippen LogP contribution in [0.25, 0.3) is 5.69 Å². The van der Waals surface area contributed by atoms with E-state index >= 15 is 0 Å². The van der Waals surface area contributed by atoms with Gasteiger partial charge < -0.3 is 0 Å². The van der Waals surface area contributed by atoms with Crippen LogP contribution in [0.3, 0.4) is 0 Å². The molecule has 0 spiro atoms. The lowest BCUT2D eigenvalue weighted by molar-refractivity contribution is 0.446. The van der Waals surface area contributed by atoms with Crippen molar-refractivity contribution in [3.63, 3.8) is 0 Å². The van der Waals surface area contributed by atoms with Gasteiger partial charge in [-0.25, -0.2) is 17.9 Å². The highest BCUT2D eigenvalue weighted by molar-refractivity contribution is 7.71. The van der Waals surface area contributed by atoms with Crippen molar-refractivity contribution in [1.29, 1.82) is 0 Å². The van der Waals surface area contributed by atoms with Gasteiger partial charge in [0.2, 0.25) is 0 Å². The summed E-state index contributed by atoms with van der Waals surface area (Å²) in [4.78, 5) is 0. The molecule has 2 nitrogen and oxygen atoms in total. The predicted molar refractivity (Wildman–Crippen MR) is 62.8 cm³/mol. The number of nitrogens with zero attached hydrogens (tertiary/aromatic N) is 1. The normalized spacial score (nSPS) is 15.1. The van der Waals surface area contributed by atoms with E-state index in [1.807, 2.05) is 0 Å². The van der Waals surface area contributed by atoms with E-state index in [2.05, 4.69) is 5.10 Å². The van der Waals surface area contributed by atoms with E-state index in [-0.39, 0.29) is 5.69 Å². The molecule has 0 saturated heterocycles. The van der Waals surface area contributed by atoms with Crippen molar-refractivity contribution in [2.75, 3.05) is 0 Å². The summed E-state index contributed by atoms with van der Waals surface area (Å²) in [7, 11) is 0. The zero-order chi connectivity index (χ0) is 12.9. The van der Waals surface area contributed by atoms with Crippen LogP contribution in [0.2, 0.25) is 0 Å². The summed E-state index contributed by atoms with van der Waals surface area (Å²) in [5, 5.41) is 2.99. The first kappa shape index (κ1) is 11.5. The molecular formula is C12H9F3N2S. The number of rotatable bonds is 2. The SMILES string of the molecule is Fc1cc(-n2[nH]c(C3CC3)cc2=S)cc(F)c1F. The largest absolute Gasteiger partial charge is 0.297 e. The Kier molecular flexibility index (Phi) is 2.55. The highest BCUT2D eigenvalue weighted by Gasteiger charge is 2.25. The van der Waals surface area contributed by atoms with E-state index in [1.54, 1.807) is 6.07 Å². The number of hydrogen-bond acceptors (Lipinski definition) is 1. The average molecular weight is 270 g/mol. The summed E-state index contributed by atoms with van der Waals surface area (Å²) >= 11 is 5.11. The first-order valence-electron chi connectivity index (χ1n) is 5.53. The van der Waals surface area contributed by atoms with Crippen molar-refractivity contribution in [1.82, 2.24) is 9.78 Å². The predicted octanol–water partition coefficient (Wildman–Crippen LogP) is 3.83. The summed E-state index contributed by atoms with van der Waals surface area (Å²) in [5.41, 5.74) is 1.11. The maximum absolute atomic E-state index is 13.2. The number of aromatic amines is 1. The molecule has 0 unspecified atom stereocenters. The van der Waals surface area contributed by atoms with Crippen LogP contribution in [0.15, 0.2) is 18.2 Å². The molecule has 0 aliphatic heterocycles. The van der Waals surface area contributed by atoms with Crippen LogP contribution in [0.5, 0.6) is 0 Å². The zero-order valence-electron chi connectivity index (χ0n) is 9.21. The highest BCUT2D eigenvalue weighted by Crippen LogP contribution is 2.39. The standard InChI is InChI=1S/C12H9F3N2S/c13-8-3-7(4-9(14)12(8)15)17-11(18)5-10(16-17)6-1-2-6/h3-6,16H,1-2H2. The Morgan fingerprint density at radius 1 is 1.11 bits per heavy atom. The Morgan fingerprint density at radius 3 is 2.28 bits per heavy atom. The van der Waals surface area contributed by atoms with E-state index in [9.17, 15) is 13.2 Å². The molecule has 1 aliphatic rings. The number of H-pyrrole nitrogens is 1. The van der Waals surface area contributed by atoms with Gasteiger partial charge in [0.15, 0.2) is 17.5 Å². The number of halogens is 3. The number of benzene rings is 1. The minimum absolute atomic E-state index is 0.156. The lowest BCUT2D eigenvalue weighted by atomic mass is 10.3. The fraction of sp³-hybridized carbons (Fsp3) is 0.250. The van der Waals surface area contributed by atoms with Crippen molar-refractivity contribution in [2.24, 2.45) is 0 Å². The Labute approximate surface area is 106 Å². The molecule has 0 bridgehead atoms. The monoisotopic (exact) mass is 270 g/mol.